The lowest BCUT2D eigenvalue weighted by atomic mass is 9.50. The van der Waals surface area contributed by atoms with Crippen molar-refractivity contribution in [2.75, 3.05) is 13.7 Å². The molecule has 2 aliphatic carbocycles. The molecule has 0 heterocycles. The maximum atomic E-state index is 11.4. The Morgan fingerprint density at radius 2 is 1.95 bits per heavy atom. The summed E-state index contributed by atoms with van der Waals surface area (Å²) < 4.78 is 4.79. The van der Waals surface area contributed by atoms with Crippen molar-refractivity contribution in [1.82, 2.24) is 5.32 Å². The van der Waals surface area contributed by atoms with Crippen molar-refractivity contribution >= 4 is 5.97 Å². The molecule has 0 saturated heterocycles. The number of methoxy groups -OCH3 is 1. The Kier molecular flexibility index (Phi) is 4.45. The van der Waals surface area contributed by atoms with E-state index >= 15 is 0 Å². The van der Waals surface area contributed by atoms with Gasteiger partial charge in [-0.3, -0.25) is 4.79 Å². The number of carbonyl (C=O) groups is 1. The number of nitrogens with one attached hydrogen (secondary N) is 1. The molecule has 0 aromatic carbocycles. The van der Waals surface area contributed by atoms with E-state index in [0.717, 1.165) is 32.1 Å². The average Bonchev–Trinajstić information content (AvgIpc) is 2.26. The summed E-state index contributed by atoms with van der Waals surface area (Å²) in [7, 11) is 1.47. The van der Waals surface area contributed by atoms with E-state index in [1.165, 1.54) is 7.11 Å². The lowest BCUT2D eigenvalue weighted by molar-refractivity contribution is -0.159. The summed E-state index contributed by atoms with van der Waals surface area (Å²) in [5, 5.41) is 13.1. The normalized spacial score (nSPS) is 34.2. The molecule has 2 fully saturated rings. The van der Waals surface area contributed by atoms with Gasteiger partial charge < -0.3 is 15.2 Å². The molecule has 1 atom stereocenters. The lowest BCUT2D eigenvalue weighted by Gasteiger charge is -2.57. The van der Waals surface area contributed by atoms with E-state index in [4.69, 9.17) is 4.74 Å². The zero-order chi connectivity index (χ0) is 15.0. The van der Waals surface area contributed by atoms with Crippen molar-refractivity contribution in [3.05, 3.63) is 0 Å². The van der Waals surface area contributed by atoms with Crippen LogP contribution in [0.3, 0.4) is 0 Å². The van der Waals surface area contributed by atoms with Crippen LogP contribution in [0.2, 0.25) is 0 Å². The van der Waals surface area contributed by atoms with Gasteiger partial charge in [0.25, 0.3) is 0 Å². The average molecular weight is 283 g/mol. The third kappa shape index (κ3) is 3.53. The highest BCUT2D eigenvalue weighted by Crippen LogP contribution is 2.59. The molecule has 2 N–H and O–H groups in total. The van der Waals surface area contributed by atoms with Gasteiger partial charge in [0.15, 0.2) is 0 Å². The molecular formula is C16H29NO3. The van der Waals surface area contributed by atoms with Crippen LogP contribution in [0, 0.1) is 16.7 Å². The number of ether oxygens (including phenoxy) is 1. The van der Waals surface area contributed by atoms with E-state index in [0.29, 0.717) is 11.5 Å². The zero-order valence-corrected chi connectivity index (χ0v) is 13.2. The van der Waals surface area contributed by atoms with E-state index < -0.39 is 0 Å². The number of aliphatic hydroxyl groups excluding tert-OH is 1. The summed E-state index contributed by atoms with van der Waals surface area (Å²) in [4.78, 5) is 11.4. The smallest absolute Gasteiger partial charge is 0.308 e. The van der Waals surface area contributed by atoms with Gasteiger partial charge in [-0.2, -0.15) is 0 Å². The quantitative estimate of drug-likeness (QED) is 0.759. The van der Waals surface area contributed by atoms with Crippen LogP contribution in [0.1, 0.15) is 52.9 Å². The maximum absolute atomic E-state index is 11.4. The van der Waals surface area contributed by atoms with Crippen LogP contribution in [0.5, 0.6) is 0 Å². The third-order valence-corrected chi connectivity index (χ3v) is 4.80. The summed E-state index contributed by atoms with van der Waals surface area (Å²) in [5.41, 5.74) is 0.618. The van der Waals surface area contributed by atoms with Crippen LogP contribution >= 0.6 is 0 Å². The second kappa shape index (κ2) is 5.64. The predicted octanol–water partition coefficient (Wildman–Crippen LogP) is 2.10. The van der Waals surface area contributed by atoms with E-state index in [1.54, 1.807) is 0 Å². The topological polar surface area (TPSA) is 58.6 Å². The Morgan fingerprint density at radius 1 is 1.35 bits per heavy atom. The third-order valence-electron chi connectivity index (χ3n) is 4.80. The van der Waals surface area contributed by atoms with Crippen molar-refractivity contribution in [2.45, 2.75) is 65.0 Å². The number of esters is 1. The minimum Gasteiger partial charge on any atom is -0.469 e. The highest BCUT2D eigenvalue weighted by Gasteiger charge is 2.55. The van der Waals surface area contributed by atoms with Crippen molar-refractivity contribution < 1.29 is 14.6 Å². The van der Waals surface area contributed by atoms with Crippen molar-refractivity contribution in [2.24, 2.45) is 16.7 Å². The fraction of sp³-hybridized carbons (Fsp3) is 0.938. The number of aliphatic hydroxyl groups is 1. The molecule has 4 nitrogen and oxygen atoms in total. The molecular weight excluding hydrogens is 254 g/mol. The number of rotatable bonds is 5. The van der Waals surface area contributed by atoms with Crippen LogP contribution in [0.4, 0.5) is 0 Å². The van der Waals surface area contributed by atoms with E-state index in [1.807, 2.05) is 0 Å². The fourth-order valence-electron chi connectivity index (χ4n) is 4.00. The first-order chi connectivity index (χ1) is 9.27. The minimum atomic E-state index is -0.0481. The second-order valence-electron chi connectivity index (χ2n) is 8.04. The molecule has 0 aromatic rings. The highest BCUT2D eigenvalue weighted by atomic mass is 16.5. The number of hydrogen-bond donors (Lipinski definition) is 2. The first-order valence-corrected chi connectivity index (χ1v) is 7.72. The van der Waals surface area contributed by atoms with Gasteiger partial charge in [-0.05, 0) is 42.9 Å². The molecule has 2 saturated carbocycles. The first-order valence-electron chi connectivity index (χ1n) is 7.72. The lowest BCUT2D eigenvalue weighted by Crippen LogP contribution is -2.58. The number of hydrogen-bond acceptors (Lipinski definition) is 4. The summed E-state index contributed by atoms with van der Waals surface area (Å²) in [6, 6.07) is 0.696. The second-order valence-corrected chi connectivity index (χ2v) is 8.04. The van der Waals surface area contributed by atoms with Gasteiger partial charge in [0, 0.05) is 12.1 Å². The Bertz CT molecular complexity index is 347. The molecule has 1 spiro atoms. The minimum absolute atomic E-state index is 0.0481. The molecule has 2 rings (SSSR count). The fourth-order valence-corrected chi connectivity index (χ4v) is 4.00. The van der Waals surface area contributed by atoms with E-state index in [2.05, 4.69) is 26.1 Å². The summed E-state index contributed by atoms with van der Waals surface area (Å²) in [5.74, 6) is 0.0807. The van der Waals surface area contributed by atoms with Crippen molar-refractivity contribution in [3.63, 3.8) is 0 Å². The Labute approximate surface area is 122 Å². The Morgan fingerprint density at radius 3 is 2.40 bits per heavy atom. The highest BCUT2D eigenvalue weighted by molar-refractivity contribution is 5.73. The van der Waals surface area contributed by atoms with Gasteiger partial charge in [-0.15, -0.1) is 0 Å². The maximum Gasteiger partial charge on any atom is 0.308 e. The van der Waals surface area contributed by atoms with Gasteiger partial charge in [0.1, 0.15) is 0 Å². The molecule has 0 bridgehead atoms. The van der Waals surface area contributed by atoms with Gasteiger partial charge in [0.2, 0.25) is 0 Å². The summed E-state index contributed by atoms with van der Waals surface area (Å²) in [6.07, 6.45) is 5.24. The molecule has 0 unspecified atom stereocenters. The number of carbonyl (C=O) groups excluding carboxylic acids is 1. The molecule has 0 aromatic heterocycles. The monoisotopic (exact) mass is 283 g/mol. The molecule has 4 heteroatoms. The Hall–Kier alpha value is -0.610. The predicted molar refractivity (Wildman–Crippen MR) is 78.3 cm³/mol. The largest absolute Gasteiger partial charge is 0.469 e. The molecule has 20 heavy (non-hydrogen) atoms. The van der Waals surface area contributed by atoms with Gasteiger partial charge >= 0.3 is 5.97 Å². The van der Waals surface area contributed by atoms with Gasteiger partial charge in [-0.1, -0.05) is 20.8 Å². The van der Waals surface area contributed by atoms with Crippen LogP contribution in [-0.2, 0) is 9.53 Å². The SMILES string of the molecule is COC(=O)C1CC2(CC(N[C@@H](CO)CC(C)(C)C)C2)C1. The Balaban J connectivity index is 1.71. The van der Waals surface area contributed by atoms with Crippen molar-refractivity contribution in [3.8, 4) is 0 Å². The first kappa shape index (κ1) is 15.8. The molecule has 0 amide bonds. The van der Waals surface area contributed by atoms with Crippen LogP contribution in [0.15, 0.2) is 0 Å². The molecule has 2 aliphatic rings. The molecule has 0 aliphatic heterocycles. The van der Waals surface area contributed by atoms with E-state index in [-0.39, 0.29) is 30.0 Å². The van der Waals surface area contributed by atoms with Gasteiger partial charge in [-0.25, -0.2) is 0 Å². The summed E-state index contributed by atoms with van der Waals surface area (Å²) in [6.45, 7) is 6.80. The molecule has 116 valence electrons. The van der Waals surface area contributed by atoms with Crippen molar-refractivity contribution in [1.29, 1.82) is 0 Å². The van der Waals surface area contributed by atoms with Crippen LogP contribution < -0.4 is 5.32 Å². The standard InChI is InChI=1S/C16H29NO3/c1-15(2,3)7-13(10-18)17-12-8-16(9-12)5-11(6-16)14(19)20-4/h11-13,17-18H,5-10H2,1-4H3/t11?,12?,13-,16?/m1/s1. The van der Waals surface area contributed by atoms with Gasteiger partial charge in [0.05, 0.1) is 19.6 Å². The van der Waals surface area contributed by atoms with Crippen LogP contribution in [0.25, 0.3) is 0 Å². The summed E-state index contributed by atoms with van der Waals surface area (Å²) >= 11 is 0. The zero-order valence-electron chi connectivity index (χ0n) is 13.2. The molecule has 0 radical (unpaired) electrons. The van der Waals surface area contributed by atoms with Crippen LogP contribution in [-0.4, -0.2) is 36.9 Å². The van der Waals surface area contributed by atoms with E-state index in [9.17, 15) is 9.90 Å².